The number of ether oxygens (including phenoxy) is 1. The molecule has 2 fully saturated rings. The largest absolute Gasteiger partial charge is 0.482 e. The maximum absolute atomic E-state index is 12.3. The number of rotatable bonds is 6. The van der Waals surface area contributed by atoms with Gasteiger partial charge in [-0.1, -0.05) is 0 Å². The number of aliphatic hydroxyl groups is 1. The zero-order chi connectivity index (χ0) is 16.1. The van der Waals surface area contributed by atoms with E-state index in [4.69, 9.17) is 4.74 Å². The molecule has 1 aromatic heterocycles. The molecule has 0 spiro atoms. The molecule has 1 aliphatic carbocycles. The number of amides is 1. The lowest BCUT2D eigenvalue weighted by atomic mass is 9.71. The lowest BCUT2D eigenvalue weighted by molar-refractivity contribution is -0.125. The van der Waals surface area contributed by atoms with Gasteiger partial charge in [0.2, 0.25) is 0 Å². The molecule has 1 saturated carbocycles. The van der Waals surface area contributed by atoms with E-state index in [1.165, 1.54) is 0 Å². The van der Waals surface area contributed by atoms with Crippen LogP contribution in [0.1, 0.15) is 25.7 Å². The smallest absolute Gasteiger partial charge is 0.258 e. The number of piperidine rings is 1. The van der Waals surface area contributed by atoms with Crippen molar-refractivity contribution in [2.24, 2.45) is 11.8 Å². The van der Waals surface area contributed by atoms with Crippen LogP contribution in [0.4, 0.5) is 0 Å². The maximum atomic E-state index is 12.3. The van der Waals surface area contributed by atoms with Crippen LogP contribution >= 0.6 is 0 Å². The molecule has 1 atom stereocenters. The van der Waals surface area contributed by atoms with Gasteiger partial charge in [-0.3, -0.25) is 9.78 Å². The van der Waals surface area contributed by atoms with E-state index in [-0.39, 0.29) is 24.7 Å². The van der Waals surface area contributed by atoms with Crippen molar-refractivity contribution in [1.82, 2.24) is 15.6 Å². The average Bonchev–Trinajstić information content (AvgIpc) is 2.57. The molecule has 1 amide bonds. The Hall–Kier alpha value is -1.66. The minimum Gasteiger partial charge on any atom is -0.482 e. The van der Waals surface area contributed by atoms with Crippen LogP contribution in [0.3, 0.4) is 0 Å². The van der Waals surface area contributed by atoms with Crippen LogP contribution < -0.4 is 15.4 Å². The molecule has 1 aromatic rings. The molecule has 2 aliphatic rings. The normalized spacial score (nSPS) is 26.1. The van der Waals surface area contributed by atoms with Crippen LogP contribution in [-0.2, 0) is 4.79 Å². The molecule has 3 rings (SSSR count). The first-order valence-electron chi connectivity index (χ1n) is 8.43. The highest BCUT2D eigenvalue weighted by atomic mass is 16.5. The molecule has 0 bridgehead atoms. The number of carbonyl (C=O) groups excluding carboxylic acids is 1. The number of aliphatic hydroxyl groups excluding tert-OH is 1. The standard InChI is InChI=1S/C17H25N3O3/c21-14-8-13(9-14)17(12-3-6-18-7-4-12)20-16(22)11-23-15-2-1-5-19-10-15/h1-2,5,10,12-14,17-18,21H,3-4,6-9,11H2,(H,20,22)/t13?,14?,17-/m1/s1. The van der Waals surface area contributed by atoms with Gasteiger partial charge in [-0.05, 0) is 62.7 Å². The Balaban J connectivity index is 1.53. The Morgan fingerprint density at radius 3 is 2.83 bits per heavy atom. The highest BCUT2D eigenvalue weighted by Gasteiger charge is 2.39. The van der Waals surface area contributed by atoms with E-state index in [0.29, 0.717) is 17.6 Å². The number of nitrogens with one attached hydrogen (secondary N) is 2. The van der Waals surface area contributed by atoms with Gasteiger partial charge in [-0.25, -0.2) is 0 Å². The first-order valence-corrected chi connectivity index (χ1v) is 8.43. The van der Waals surface area contributed by atoms with Gasteiger partial charge in [0.05, 0.1) is 12.3 Å². The fourth-order valence-corrected chi connectivity index (χ4v) is 3.56. The summed E-state index contributed by atoms with van der Waals surface area (Å²) >= 11 is 0. The van der Waals surface area contributed by atoms with Gasteiger partial charge < -0.3 is 20.5 Å². The van der Waals surface area contributed by atoms with Crippen molar-refractivity contribution in [2.45, 2.75) is 37.8 Å². The average molecular weight is 319 g/mol. The molecule has 0 unspecified atom stereocenters. The highest BCUT2D eigenvalue weighted by molar-refractivity contribution is 5.77. The molecule has 1 saturated heterocycles. The van der Waals surface area contributed by atoms with Crippen molar-refractivity contribution in [1.29, 1.82) is 0 Å². The van der Waals surface area contributed by atoms with Crippen molar-refractivity contribution >= 4 is 5.91 Å². The van der Waals surface area contributed by atoms with E-state index in [2.05, 4.69) is 15.6 Å². The summed E-state index contributed by atoms with van der Waals surface area (Å²) in [6.45, 7) is 2.00. The van der Waals surface area contributed by atoms with E-state index < -0.39 is 0 Å². The quantitative estimate of drug-likeness (QED) is 0.719. The minimum absolute atomic E-state index is 0.00242. The third-order valence-electron chi connectivity index (χ3n) is 4.88. The highest BCUT2D eigenvalue weighted by Crippen LogP contribution is 2.35. The van der Waals surface area contributed by atoms with Gasteiger partial charge in [0.1, 0.15) is 5.75 Å². The van der Waals surface area contributed by atoms with Crippen LogP contribution in [0.5, 0.6) is 5.75 Å². The van der Waals surface area contributed by atoms with Crippen LogP contribution in [-0.4, -0.2) is 47.8 Å². The molecular weight excluding hydrogens is 294 g/mol. The van der Waals surface area contributed by atoms with Crippen molar-refractivity contribution in [3.8, 4) is 5.75 Å². The zero-order valence-corrected chi connectivity index (χ0v) is 13.3. The van der Waals surface area contributed by atoms with Crippen LogP contribution in [0.2, 0.25) is 0 Å². The van der Waals surface area contributed by atoms with Crippen molar-refractivity contribution in [2.75, 3.05) is 19.7 Å². The summed E-state index contributed by atoms with van der Waals surface area (Å²) in [4.78, 5) is 16.2. The van der Waals surface area contributed by atoms with E-state index in [1.54, 1.807) is 24.5 Å². The first-order chi connectivity index (χ1) is 11.2. The second kappa shape index (κ2) is 7.75. The monoisotopic (exact) mass is 319 g/mol. The second-order valence-electron chi connectivity index (χ2n) is 6.54. The van der Waals surface area contributed by atoms with Crippen molar-refractivity contribution in [3.05, 3.63) is 24.5 Å². The topological polar surface area (TPSA) is 83.5 Å². The second-order valence-corrected chi connectivity index (χ2v) is 6.54. The third-order valence-corrected chi connectivity index (χ3v) is 4.88. The molecule has 0 radical (unpaired) electrons. The summed E-state index contributed by atoms with van der Waals surface area (Å²) in [7, 11) is 0. The summed E-state index contributed by atoms with van der Waals surface area (Å²) in [5.41, 5.74) is 0. The van der Waals surface area contributed by atoms with Gasteiger partial charge in [-0.2, -0.15) is 0 Å². The fraction of sp³-hybridized carbons (Fsp3) is 0.647. The molecule has 3 N–H and O–H groups in total. The van der Waals surface area contributed by atoms with Crippen molar-refractivity contribution in [3.63, 3.8) is 0 Å². The predicted molar refractivity (Wildman–Crippen MR) is 86.0 cm³/mol. The zero-order valence-electron chi connectivity index (χ0n) is 13.3. The van der Waals surface area contributed by atoms with Gasteiger partial charge in [0.25, 0.3) is 5.91 Å². The Kier molecular flexibility index (Phi) is 5.46. The van der Waals surface area contributed by atoms with E-state index >= 15 is 0 Å². The van der Waals surface area contributed by atoms with Gasteiger partial charge in [-0.15, -0.1) is 0 Å². The number of carbonyl (C=O) groups is 1. The fourth-order valence-electron chi connectivity index (χ4n) is 3.56. The molecule has 126 valence electrons. The summed E-state index contributed by atoms with van der Waals surface area (Å²) in [5, 5.41) is 16.1. The van der Waals surface area contributed by atoms with Gasteiger partial charge in [0, 0.05) is 12.2 Å². The van der Waals surface area contributed by atoms with E-state index in [0.717, 1.165) is 38.8 Å². The maximum Gasteiger partial charge on any atom is 0.258 e. The molecule has 0 aromatic carbocycles. The molecule has 6 heteroatoms. The predicted octanol–water partition coefficient (Wildman–Crippen LogP) is 0.716. The third kappa shape index (κ3) is 4.42. The molecule has 2 heterocycles. The molecule has 1 aliphatic heterocycles. The summed E-state index contributed by atoms with van der Waals surface area (Å²) < 4.78 is 5.47. The number of nitrogens with zero attached hydrogens (tertiary/aromatic N) is 1. The molecule has 6 nitrogen and oxygen atoms in total. The number of aromatic nitrogens is 1. The lowest BCUT2D eigenvalue weighted by Gasteiger charge is -2.43. The molecular formula is C17H25N3O3. The summed E-state index contributed by atoms with van der Waals surface area (Å²) in [6, 6.07) is 3.71. The summed E-state index contributed by atoms with van der Waals surface area (Å²) in [5.74, 6) is 1.37. The summed E-state index contributed by atoms with van der Waals surface area (Å²) in [6.07, 6.45) is 6.79. The van der Waals surface area contributed by atoms with Crippen LogP contribution in [0.15, 0.2) is 24.5 Å². The Labute approximate surface area is 136 Å². The lowest BCUT2D eigenvalue weighted by Crippen LogP contribution is -2.53. The Morgan fingerprint density at radius 1 is 1.39 bits per heavy atom. The van der Waals surface area contributed by atoms with Crippen LogP contribution in [0.25, 0.3) is 0 Å². The van der Waals surface area contributed by atoms with Gasteiger partial charge in [0.15, 0.2) is 6.61 Å². The van der Waals surface area contributed by atoms with E-state index in [9.17, 15) is 9.90 Å². The van der Waals surface area contributed by atoms with Crippen LogP contribution in [0, 0.1) is 11.8 Å². The molecule has 23 heavy (non-hydrogen) atoms. The SMILES string of the molecule is O=C(COc1cccnc1)N[C@H](C1CCNCC1)C1CC(O)C1. The van der Waals surface area contributed by atoms with Gasteiger partial charge >= 0.3 is 0 Å². The van der Waals surface area contributed by atoms with E-state index in [1.807, 2.05) is 0 Å². The Bertz CT molecular complexity index is 499. The Morgan fingerprint density at radius 2 is 2.17 bits per heavy atom. The first kappa shape index (κ1) is 16.2. The number of hydrogen-bond donors (Lipinski definition) is 3. The number of hydrogen-bond acceptors (Lipinski definition) is 5. The minimum atomic E-state index is -0.201. The number of pyridine rings is 1. The van der Waals surface area contributed by atoms with Crippen molar-refractivity contribution < 1.29 is 14.6 Å².